The molecule has 0 unspecified atom stereocenters. The van der Waals surface area contributed by atoms with Gasteiger partial charge in [0.1, 0.15) is 12.1 Å². The van der Waals surface area contributed by atoms with Crippen LogP contribution in [0, 0.1) is 0 Å². The molecule has 2 aromatic carbocycles. The Morgan fingerprint density at radius 1 is 1.17 bits per heavy atom. The number of aromatic amines is 1. The van der Waals surface area contributed by atoms with Crippen LogP contribution in [-0.4, -0.2) is 28.2 Å². The molecule has 30 heavy (non-hydrogen) atoms. The number of fused-ring (bicyclic) bond motifs is 3. The van der Waals surface area contributed by atoms with Crippen LogP contribution >= 0.6 is 11.3 Å². The number of hydrogen-bond acceptors (Lipinski definition) is 5. The number of H-pyrrole nitrogens is 1. The van der Waals surface area contributed by atoms with Crippen LogP contribution in [-0.2, 0) is 19.4 Å². The van der Waals surface area contributed by atoms with E-state index >= 15 is 0 Å². The van der Waals surface area contributed by atoms with Gasteiger partial charge in [-0.05, 0) is 65.4 Å². The van der Waals surface area contributed by atoms with Crippen molar-refractivity contribution in [2.75, 3.05) is 7.11 Å². The Kier molecular flexibility index (Phi) is 4.80. The lowest BCUT2D eigenvalue weighted by atomic mass is 9.91. The molecule has 0 spiro atoms. The zero-order valence-electron chi connectivity index (χ0n) is 16.4. The zero-order valence-corrected chi connectivity index (χ0v) is 17.3. The predicted molar refractivity (Wildman–Crippen MR) is 117 cm³/mol. The van der Waals surface area contributed by atoms with E-state index in [4.69, 9.17) is 4.74 Å². The molecule has 0 radical (unpaired) electrons. The summed E-state index contributed by atoms with van der Waals surface area (Å²) in [6.45, 7) is 0.456. The number of benzene rings is 2. The number of amides is 1. The van der Waals surface area contributed by atoms with E-state index < -0.39 is 0 Å². The summed E-state index contributed by atoms with van der Waals surface area (Å²) in [5.41, 5.74) is 5.68. The van der Waals surface area contributed by atoms with Gasteiger partial charge >= 0.3 is 0 Å². The summed E-state index contributed by atoms with van der Waals surface area (Å²) in [6, 6.07) is 16.1. The standard InChI is InChI=1S/C23H20N4O2S/c1-29-18-7-8-19-15(10-18)5-6-16-11-20(30-21(16)19)23(28)24-12-14-3-2-4-17(9-14)22-25-13-26-27-22/h2-4,7-11,13H,5-6,12H2,1H3,(H,24,28)(H,25,26,27). The first-order valence-electron chi connectivity index (χ1n) is 9.74. The maximum Gasteiger partial charge on any atom is 0.261 e. The molecule has 1 aliphatic rings. The Bertz CT molecular complexity index is 1210. The number of aromatic nitrogens is 3. The number of methoxy groups -OCH3 is 1. The fourth-order valence-electron chi connectivity index (χ4n) is 3.79. The van der Waals surface area contributed by atoms with Gasteiger partial charge in [-0.25, -0.2) is 4.98 Å². The van der Waals surface area contributed by atoms with E-state index in [1.165, 1.54) is 27.9 Å². The van der Waals surface area contributed by atoms with Crippen LogP contribution in [0.3, 0.4) is 0 Å². The Labute approximate surface area is 178 Å². The number of carbonyl (C=O) groups excluding carboxylic acids is 1. The van der Waals surface area contributed by atoms with Crippen molar-refractivity contribution in [3.05, 3.63) is 76.4 Å². The second-order valence-electron chi connectivity index (χ2n) is 7.21. The molecule has 0 aliphatic heterocycles. The van der Waals surface area contributed by atoms with Gasteiger partial charge in [-0.2, -0.15) is 5.10 Å². The first kappa shape index (κ1) is 18.6. The number of hydrogen-bond donors (Lipinski definition) is 2. The number of ether oxygens (including phenoxy) is 1. The van der Waals surface area contributed by atoms with E-state index in [9.17, 15) is 4.79 Å². The Hall–Kier alpha value is -3.45. The van der Waals surface area contributed by atoms with Crippen molar-refractivity contribution in [2.24, 2.45) is 0 Å². The maximum atomic E-state index is 12.8. The SMILES string of the molecule is COc1ccc2c(c1)CCc1cc(C(=O)NCc3cccc(-c4ncn[nH]4)c3)sc1-2. The van der Waals surface area contributed by atoms with Gasteiger partial charge in [0.2, 0.25) is 0 Å². The Morgan fingerprint density at radius 2 is 2.07 bits per heavy atom. The molecule has 150 valence electrons. The van der Waals surface area contributed by atoms with Crippen molar-refractivity contribution in [3.8, 4) is 27.6 Å². The van der Waals surface area contributed by atoms with Crippen LogP contribution in [0.5, 0.6) is 5.75 Å². The minimum atomic E-state index is -0.0467. The van der Waals surface area contributed by atoms with Crippen molar-refractivity contribution in [3.63, 3.8) is 0 Å². The molecule has 1 aliphatic carbocycles. The van der Waals surface area contributed by atoms with E-state index in [2.05, 4.69) is 32.6 Å². The molecule has 0 saturated carbocycles. The lowest BCUT2D eigenvalue weighted by Crippen LogP contribution is -2.21. The molecule has 0 saturated heterocycles. The van der Waals surface area contributed by atoms with Gasteiger partial charge in [-0.1, -0.05) is 18.2 Å². The minimum Gasteiger partial charge on any atom is -0.497 e. The monoisotopic (exact) mass is 416 g/mol. The first-order chi connectivity index (χ1) is 14.7. The van der Waals surface area contributed by atoms with Crippen molar-refractivity contribution in [2.45, 2.75) is 19.4 Å². The number of carbonyl (C=O) groups is 1. The molecular weight excluding hydrogens is 396 g/mol. The van der Waals surface area contributed by atoms with E-state index in [1.807, 2.05) is 36.4 Å². The van der Waals surface area contributed by atoms with Crippen molar-refractivity contribution in [1.82, 2.24) is 20.5 Å². The second kappa shape index (κ2) is 7.76. The summed E-state index contributed by atoms with van der Waals surface area (Å²) in [7, 11) is 1.69. The second-order valence-corrected chi connectivity index (χ2v) is 8.26. The van der Waals surface area contributed by atoms with E-state index in [0.29, 0.717) is 12.4 Å². The van der Waals surface area contributed by atoms with Crippen LogP contribution < -0.4 is 10.1 Å². The predicted octanol–water partition coefficient (Wildman–Crippen LogP) is 4.24. The summed E-state index contributed by atoms with van der Waals surface area (Å²) in [5.74, 6) is 1.54. The summed E-state index contributed by atoms with van der Waals surface area (Å²) < 4.78 is 5.35. The maximum absolute atomic E-state index is 12.8. The summed E-state index contributed by atoms with van der Waals surface area (Å²) in [5, 5.41) is 9.79. The number of aryl methyl sites for hydroxylation is 2. The third kappa shape index (κ3) is 3.48. The highest BCUT2D eigenvalue weighted by Gasteiger charge is 2.22. The van der Waals surface area contributed by atoms with Gasteiger partial charge in [0, 0.05) is 17.0 Å². The first-order valence-corrected chi connectivity index (χ1v) is 10.6. The molecule has 0 bridgehead atoms. The molecule has 7 heteroatoms. The fourth-order valence-corrected chi connectivity index (χ4v) is 4.98. The quantitative estimate of drug-likeness (QED) is 0.510. The molecule has 0 atom stereocenters. The number of nitrogens with one attached hydrogen (secondary N) is 2. The van der Waals surface area contributed by atoms with Crippen molar-refractivity contribution >= 4 is 17.2 Å². The molecule has 2 heterocycles. The Balaban J connectivity index is 1.32. The van der Waals surface area contributed by atoms with Gasteiger partial charge in [0.25, 0.3) is 5.91 Å². The van der Waals surface area contributed by atoms with Crippen LogP contribution in [0.15, 0.2) is 54.9 Å². The number of rotatable bonds is 5. The molecule has 6 nitrogen and oxygen atoms in total. The summed E-state index contributed by atoms with van der Waals surface area (Å²) >= 11 is 1.56. The molecule has 2 aromatic heterocycles. The molecule has 2 N–H and O–H groups in total. The molecule has 1 amide bonds. The lowest BCUT2D eigenvalue weighted by molar-refractivity contribution is 0.0955. The topological polar surface area (TPSA) is 79.9 Å². The summed E-state index contributed by atoms with van der Waals surface area (Å²) in [4.78, 5) is 18.9. The van der Waals surface area contributed by atoms with Gasteiger partial charge in [0.15, 0.2) is 5.82 Å². The van der Waals surface area contributed by atoms with Gasteiger partial charge in [-0.15, -0.1) is 11.3 Å². The zero-order chi connectivity index (χ0) is 20.5. The third-order valence-electron chi connectivity index (χ3n) is 5.32. The average molecular weight is 417 g/mol. The smallest absolute Gasteiger partial charge is 0.261 e. The third-order valence-corrected chi connectivity index (χ3v) is 6.53. The minimum absolute atomic E-state index is 0.0467. The highest BCUT2D eigenvalue weighted by Crippen LogP contribution is 2.40. The Morgan fingerprint density at radius 3 is 2.90 bits per heavy atom. The van der Waals surface area contributed by atoms with Gasteiger partial charge in [0.05, 0.1) is 12.0 Å². The van der Waals surface area contributed by atoms with Gasteiger partial charge in [-0.3, -0.25) is 9.89 Å². The normalized spacial score (nSPS) is 12.2. The summed E-state index contributed by atoms with van der Waals surface area (Å²) in [6.07, 6.45) is 3.39. The van der Waals surface area contributed by atoms with Crippen LogP contribution in [0.2, 0.25) is 0 Å². The van der Waals surface area contributed by atoms with E-state index in [0.717, 1.165) is 34.6 Å². The average Bonchev–Trinajstić information content (AvgIpc) is 3.47. The van der Waals surface area contributed by atoms with E-state index in [1.54, 1.807) is 18.4 Å². The van der Waals surface area contributed by atoms with Crippen LogP contribution in [0.1, 0.15) is 26.4 Å². The number of thiophene rings is 1. The van der Waals surface area contributed by atoms with Crippen LogP contribution in [0.25, 0.3) is 21.8 Å². The number of nitrogens with zero attached hydrogens (tertiary/aromatic N) is 2. The molecular formula is C23H20N4O2S. The van der Waals surface area contributed by atoms with Crippen LogP contribution in [0.4, 0.5) is 0 Å². The lowest BCUT2D eigenvalue weighted by Gasteiger charge is -2.16. The van der Waals surface area contributed by atoms with Crippen molar-refractivity contribution < 1.29 is 9.53 Å². The molecule has 0 fully saturated rings. The fraction of sp³-hybridized carbons (Fsp3) is 0.174. The van der Waals surface area contributed by atoms with E-state index in [-0.39, 0.29) is 5.91 Å². The molecule has 5 rings (SSSR count). The highest BCUT2D eigenvalue weighted by atomic mass is 32.1. The molecule has 4 aromatic rings. The van der Waals surface area contributed by atoms with Crippen molar-refractivity contribution in [1.29, 1.82) is 0 Å². The largest absolute Gasteiger partial charge is 0.497 e. The van der Waals surface area contributed by atoms with Gasteiger partial charge < -0.3 is 10.1 Å². The highest BCUT2D eigenvalue weighted by molar-refractivity contribution is 7.17.